The SMILES string of the molecule is CCO[C@@H]1CCC[C@@H]2c3c(c4ccccc4n31)CCN2C. The summed E-state index contributed by atoms with van der Waals surface area (Å²) in [5.74, 6) is 0. The molecular weight excluding hydrogens is 260 g/mol. The topological polar surface area (TPSA) is 17.4 Å². The molecule has 2 aliphatic rings. The molecule has 0 spiro atoms. The second-order valence-corrected chi connectivity index (χ2v) is 6.34. The van der Waals surface area contributed by atoms with Gasteiger partial charge in [-0.05, 0) is 51.3 Å². The van der Waals surface area contributed by atoms with Crippen LogP contribution < -0.4 is 0 Å². The third-order valence-corrected chi connectivity index (χ3v) is 5.20. The van der Waals surface area contributed by atoms with Gasteiger partial charge in [0.05, 0.1) is 11.6 Å². The molecule has 0 bridgehead atoms. The lowest BCUT2D eigenvalue weighted by atomic mass is 9.95. The molecule has 2 aromatic rings. The highest BCUT2D eigenvalue weighted by Gasteiger charge is 2.35. The van der Waals surface area contributed by atoms with Gasteiger partial charge in [-0.2, -0.15) is 0 Å². The van der Waals surface area contributed by atoms with Crippen molar-refractivity contribution in [1.82, 2.24) is 9.47 Å². The lowest BCUT2D eigenvalue weighted by molar-refractivity contribution is 0.00682. The normalized spacial score (nSPS) is 25.8. The average Bonchev–Trinajstić information content (AvgIpc) is 2.70. The van der Waals surface area contributed by atoms with Crippen molar-refractivity contribution in [3.05, 3.63) is 35.5 Å². The van der Waals surface area contributed by atoms with Crippen molar-refractivity contribution in [3.63, 3.8) is 0 Å². The summed E-state index contributed by atoms with van der Waals surface area (Å²) in [5.41, 5.74) is 4.46. The van der Waals surface area contributed by atoms with E-state index in [4.69, 9.17) is 4.74 Å². The van der Waals surface area contributed by atoms with Crippen LogP contribution in [0.2, 0.25) is 0 Å². The maximum Gasteiger partial charge on any atom is 0.134 e. The Morgan fingerprint density at radius 2 is 2.10 bits per heavy atom. The highest BCUT2D eigenvalue weighted by atomic mass is 16.5. The molecule has 0 N–H and O–H groups in total. The summed E-state index contributed by atoms with van der Waals surface area (Å²) in [6, 6.07) is 9.44. The van der Waals surface area contributed by atoms with Crippen LogP contribution in [0.1, 0.15) is 49.7 Å². The summed E-state index contributed by atoms with van der Waals surface area (Å²) < 4.78 is 8.62. The van der Waals surface area contributed by atoms with E-state index in [9.17, 15) is 0 Å². The van der Waals surface area contributed by atoms with Crippen molar-refractivity contribution in [2.75, 3.05) is 20.2 Å². The van der Waals surface area contributed by atoms with E-state index in [1.54, 1.807) is 5.56 Å². The molecule has 1 aromatic carbocycles. The molecule has 1 aromatic heterocycles. The van der Waals surface area contributed by atoms with Crippen LogP contribution in [0.25, 0.3) is 10.9 Å². The minimum absolute atomic E-state index is 0.208. The third kappa shape index (κ3) is 1.95. The molecule has 2 atom stereocenters. The Hall–Kier alpha value is -1.32. The van der Waals surface area contributed by atoms with Crippen molar-refractivity contribution < 1.29 is 4.74 Å². The van der Waals surface area contributed by atoms with Crippen molar-refractivity contribution in [1.29, 1.82) is 0 Å². The molecule has 0 saturated heterocycles. The van der Waals surface area contributed by atoms with Crippen LogP contribution in [0.4, 0.5) is 0 Å². The third-order valence-electron chi connectivity index (χ3n) is 5.20. The maximum absolute atomic E-state index is 6.11. The molecule has 0 unspecified atom stereocenters. The number of hydrogen-bond acceptors (Lipinski definition) is 2. The van der Waals surface area contributed by atoms with E-state index < -0.39 is 0 Å². The highest BCUT2D eigenvalue weighted by molar-refractivity contribution is 5.86. The first kappa shape index (κ1) is 13.4. The molecule has 3 heteroatoms. The zero-order valence-electron chi connectivity index (χ0n) is 13.0. The van der Waals surface area contributed by atoms with E-state index in [1.165, 1.54) is 36.0 Å². The van der Waals surface area contributed by atoms with Crippen LogP contribution >= 0.6 is 0 Å². The predicted molar refractivity (Wildman–Crippen MR) is 85.5 cm³/mol. The smallest absolute Gasteiger partial charge is 0.134 e. The molecule has 0 fully saturated rings. The molecule has 4 rings (SSSR count). The first-order valence-electron chi connectivity index (χ1n) is 8.24. The van der Waals surface area contributed by atoms with E-state index in [2.05, 4.69) is 47.7 Å². The summed E-state index contributed by atoms with van der Waals surface area (Å²) in [6.07, 6.45) is 5.00. The van der Waals surface area contributed by atoms with E-state index in [0.29, 0.717) is 6.04 Å². The Kier molecular flexibility index (Phi) is 3.27. The van der Waals surface area contributed by atoms with E-state index in [-0.39, 0.29) is 6.23 Å². The van der Waals surface area contributed by atoms with Gasteiger partial charge >= 0.3 is 0 Å². The average molecular weight is 284 g/mol. The molecular formula is C18H24N2O. The predicted octanol–water partition coefficient (Wildman–Crippen LogP) is 3.89. The fourth-order valence-corrected chi connectivity index (χ4v) is 4.26. The van der Waals surface area contributed by atoms with Crippen molar-refractivity contribution in [2.45, 2.75) is 44.9 Å². The number of nitrogens with zero attached hydrogens (tertiary/aromatic N) is 2. The van der Waals surface area contributed by atoms with Crippen LogP contribution in [0.5, 0.6) is 0 Å². The van der Waals surface area contributed by atoms with Gasteiger partial charge in [-0.15, -0.1) is 0 Å². The summed E-state index contributed by atoms with van der Waals surface area (Å²) >= 11 is 0. The van der Waals surface area contributed by atoms with Gasteiger partial charge in [-0.1, -0.05) is 18.2 Å². The first-order valence-corrected chi connectivity index (χ1v) is 8.24. The summed E-state index contributed by atoms with van der Waals surface area (Å²) in [4.78, 5) is 2.53. The number of hydrogen-bond donors (Lipinski definition) is 0. The Labute approximate surface area is 126 Å². The fraction of sp³-hybridized carbons (Fsp3) is 0.556. The molecule has 0 amide bonds. The molecule has 112 valence electrons. The van der Waals surface area contributed by atoms with E-state index in [0.717, 1.165) is 19.4 Å². The summed E-state index contributed by atoms with van der Waals surface area (Å²) in [6.45, 7) is 4.06. The number of likely N-dealkylation sites (N-methyl/N-ethyl adjacent to an activating group) is 1. The lowest BCUT2D eigenvalue weighted by Crippen LogP contribution is -2.33. The molecule has 21 heavy (non-hydrogen) atoms. The monoisotopic (exact) mass is 284 g/mol. The molecule has 0 radical (unpaired) electrons. The van der Waals surface area contributed by atoms with Crippen molar-refractivity contribution in [3.8, 4) is 0 Å². The van der Waals surface area contributed by atoms with Gasteiger partial charge in [-0.3, -0.25) is 4.90 Å². The van der Waals surface area contributed by atoms with Gasteiger partial charge in [0.2, 0.25) is 0 Å². The zero-order chi connectivity index (χ0) is 14.4. The van der Waals surface area contributed by atoms with Crippen LogP contribution in [-0.4, -0.2) is 29.7 Å². The van der Waals surface area contributed by atoms with E-state index >= 15 is 0 Å². The fourth-order valence-electron chi connectivity index (χ4n) is 4.26. The number of benzene rings is 1. The largest absolute Gasteiger partial charge is 0.358 e. The molecule has 0 aliphatic carbocycles. The van der Waals surface area contributed by atoms with Gasteiger partial charge in [-0.25, -0.2) is 0 Å². The van der Waals surface area contributed by atoms with E-state index in [1.807, 2.05) is 0 Å². The first-order chi connectivity index (χ1) is 10.3. The summed E-state index contributed by atoms with van der Waals surface area (Å²) in [7, 11) is 2.27. The van der Waals surface area contributed by atoms with Crippen LogP contribution in [0.15, 0.2) is 24.3 Å². The Morgan fingerprint density at radius 3 is 2.95 bits per heavy atom. The number of para-hydroxylation sites is 1. The quantitative estimate of drug-likeness (QED) is 0.832. The Balaban J connectivity index is 2.00. The van der Waals surface area contributed by atoms with Gasteiger partial charge in [0, 0.05) is 24.2 Å². The van der Waals surface area contributed by atoms with Crippen LogP contribution in [-0.2, 0) is 11.2 Å². The standard InChI is InChI=1S/C18H24N2O/c1-3-21-17-10-6-9-16-18-14(11-12-19(16)2)13-7-4-5-8-15(13)20(17)18/h4-5,7-8,16-17H,3,6,9-12H2,1-2H3/t16-,17-/m1/s1. The summed E-state index contributed by atoms with van der Waals surface area (Å²) in [5, 5.41) is 1.44. The highest BCUT2D eigenvalue weighted by Crippen LogP contribution is 2.43. The second kappa shape index (κ2) is 5.15. The number of aromatic nitrogens is 1. The van der Waals surface area contributed by atoms with Crippen LogP contribution in [0.3, 0.4) is 0 Å². The molecule has 0 saturated carbocycles. The van der Waals surface area contributed by atoms with Crippen molar-refractivity contribution >= 4 is 10.9 Å². The number of fused-ring (bicyclic) bond motifs is 3. The van der Waals surface area contributed by atoms with Gasteiger partial charge in [0.15, 0.2) is 0 Å². The number of rotatable bonds is 2. The second-order valence-electron chi connectivity index (χ2n) is 6.34. The van der Waals surface area contributed by atoms with Gasteiger partial charge < -0.3 is 9.30 Å². The van der Waals surface area contributed by atoms with Gasteiger partial charge in [0.1, 0.15) is 6.23 Å². The Bertz CT molecular complexity index is 661. The zero-order valence-corrected chi connectivity index (χ0v) is 13.0. The van der Waals surface area contributed by atoms with Crippen molar-refractivity contribution in [2.24, 2.45) is 0 Å². The minimum atomic E-state index is 0.208. The molecule has 2 aliphatic heterocycles. The minimum Gasteiger partial charge on any atom is -0.358 e. The molecule has 3 heterocycles. The lowest BCUT2D eigenvalue weighted by Gasteiger charge is -2.33. The maximum atomic E-state index is 6.11. The van der Waals surface area contributed by atoms with Crippen LogP contribution in [0, 0.1) is 0 Å². The number of ether oxygens (including phenoxy) is 1. The van der Waals surface area contributed by atoms with Gasteiger partial charge in [0.25, 0.3) is 0 Å². The molecule has 3 nitrogen and oxygen atoms in total. The Morgan fingerprint density at radius 1 is 1.24 bits per heavy atom.